The number of benzene rings is 2. The molecule has 1 aromatic heterocycles. The maximum absolute atomic E-state index is 11.2. The summed E-state index contributed by atoms with van der Waals surface area (Å²) in [6.07, 6.45) is 6.04. The van der Waals surface area contributed by atoms with Gasteiger partial charge in [-0.2, -0.15) is 0 Å². The second-order valence-electron chi connectivity index (χ2n) is 9.25. The van der Waals surface area contributed by atoms with Gasteiger partial charge >= 0.3 is 0 Å². The number of hydrogen-bond acceptors (Lipinski definition) is 4. The summed E-state index contributed by atoms with van der Waals surface area (Å²) in [7, 11) is 2.15. The molecule has 0 saturated carbocycles. The number of nitrogens with one attached hydrogen (secondary N) is 2. The van der Waals surface area contributed by atoms with Crippen molar-refractivity contribution in [3.05, 3.63) is 54.7 Å². The predicted octanol–water partition coefficient (Wildman–Crippen LogP) is 4.63. The molecule has 3 aromatic rings. The molecule has 4 rings (SSSR count). The van der Waals surface area contributed by atoms with Gasteiger partial charge in [-0.1, -0.05) is 37.1 Å². The summed E-state index contributed by atoms with van der Waals surface area (Å²) < 4.78 is 0. The molecule has 1 aliphatic rings. The van der Waals surface area contributed by atoms with Crippen molar-refractivity contribution in [2.24, 2.45) is 0 Å². The van der Waals surface area contributed by atoms with Gasteiger partial charge in [-0.05, 0) is 72.9 Å². The Balaban J connectivity index is 1.44. The lowest BCUT2D eigenvalue weighted by atomic mass is 10.0. The van der Waals surface area contributed by atoms with E-state index < -0.39 is 0 Å². The normalized spacial score (nSPS) is 14.3. The minimum atomic E-state index is -0.321. The molecule has 1 aliphatic heterocycles. The molecule has 3 N–H and O–H groups in total. The van der Waals surface area contributed by atoms with Crippen molar-refractivity contribution in [1.29, 1.82) is 0 Å². The van der Waals surface area contributed by atoms with Crippen LogP contribution in [0.3, 0.4) is 0 Å². The van der Waals surface area contributed by atoms with E-state index in [4.69, 9.17) is 17.4 Å². The second-order valence-corrected chi connectivity index (χ2v) is 9.62. The van der Waals surface area contributed by atoms with Crippen molar-refractivity contribution in [2.75, 3.05) is 44.7 Å². The van der Waals surface area contributed by atoms with Gasteiger partial charge in [0.15, 0.2) is 5.11 Å². The summed E-state index contributed by atoms with van der Waals surface area (Å²) >= 11 is 5.98. The highest BCUT2D eigenvalue weighted by Crippen LogP contribution is 2.27. The molecule has 0 atom stereocenters. The van der Waals surface area contributed by atoms with Gasteiger partial charge in [0.2, 0.25) is 5.91 Å². The van der Waals surface area contributed by atoms with Gasteiger partial charge in [0.1, 0.15) is 0 Å². The van der Waals surface area contributed by atoms with Crippen molar-refractivity contribution in [1.82, 2.24) is 20.3 Å². The van der Waals surface area contributed by atoms with Gasteiger partial charge in [0.05, 0.1) is 0 Å². The zero-order valence-electron chi connectivity index (χ0n) is 20.4. The molecule has 0 spiro atoms. The smallest absolute Gasteiger partial charge is 0.243 e. The minimum Gasteiger partial charge on any atom is -0.361 e. The number of aromatic amines is 1. The Morgan fingerprint density at radius 3 is 2.46 bits per heavy atom. The number of unbranched alkanes of at least 4 members (excludes halogenated alkanes) is 3. The van der Waals surface area contributed by atoms with E-state index in [9.17, 15) is 4.79 Å². The van der Waals surface area contributed by atoms with Crippen LogP contribution in [-0.4, -0.2) is 70.8 Å². The Hall–Kier alpha value is -2.94. The predicted molar refractivity (Wildman–Crippen MR) is 146 cm³/mol. The van der Waals surface area contributed by atoms with Crippen LogP contribution >= 0.6 is 12.2 Å². The number of fused-ring (bicyclic) bond motifs is 1. The van der Waals surface area contributed by atoms with Crippen LogP contribution in [0.2, 0.25) is 0 Å². The maximum atomic E-state index is 11.2. The fourth-order valence-electron chi connectivity index (χ4n) is 4.53. The number of piperazine rings is 1. The molecule has 0 aliphatic carbocycles. The third-order valence-corrected chi connectivity index (χ3v) is 7.21. The van der Waals surface area contributed by atoms with E-state index in [0.29, 0.717) is 6.42 Å². The highest BCUT2D eigenvalue weighted by molar-refractivity contribution is 7.80. The monoisotopic (exact) mass is 493 g/mol. The number of hydrogen-bond donors (Lipinski definition) is 3. The van der Waals surface area contributed by atoms with Crippen LogP contribution in [0.5, 0.6) is 0 Å². The number of amides is 1. The van der Waals surface area contributed by atoms with Gasteiger partial charge in [-0.15, -0.1) is 0 Å². The van der Waals surface area contributed by atoms with Gasteiger partial charge in [-0.25, -0.2) is 5.48 Å². The lowest BCUT2D eigenvalue weighted by molar-refractivity contribution is -0.129. The number of aromatic nitrogens is 1. The maximum Gasteiger partial charge on any atom is 0.243 e. The highest BCUT2D eigenvalue weighted by Gasteiger charge is 2.22. The summed E-state index contributed by atoms with van der Waals surface area (Å²) in [5.74, 6) is -0.321. The number of nitrogens with zero attached hydrogens (tertiary/aromatic N) is 3. The Kier molecular flexibility index (Phi) is 8.74. The number of hydroxylamine groups is 1. The lowest BCUT2D eigenvalue weighted by Gasteiger charge is -2.38. The number of likely N-dealkylation sites (N-methyl/N-ethyl adjacent to an activating group) is 1. The van der Waals surface area contributed by atoms with Crippen molar-refractivity contribution in [2.45, 2.75) is 32.1 Å². The molecule has 1 fully saturated rings. The van der Waals surface area contributed by atoms with Crippen LogP contribution in [0.4, 0.5) is 5.69 Å². The molecular formula is C27H35N5O2S. The molecule has 0 unspecified atom stereocenters. The fourth-order valence-corrected chi connectivity index (χ4v) is 4.91. The number of H-pyrrole nitrogens is 1. The lowest BCUT2D eigenvalue weighted by Crippen LogP contribution is -2.52. The molecule has 0 radical (unpaired) electrons. The Bertz CT molecular complexity index is 1120. The zero-order valence-corrected chi connectivity index (χ0v) is 21.2. The first-order valence-corrected chi connectivity index (χ1v) is 12.8. The first-order valence-electron chi connectivity index (χ1n) is 12.4. The molecule has 35 heavy (non-hydrogen) atoms. The standard InChI is InChI=1S/C27H35N5O2S/c1-30-16-18-31(19-17-30)27(35)32(15-5-3-2-4-6-26(33)29-34)24-11-9-21(10-12-24)23-8-7-22-13-14-28-25(22)20-23/h7-14,20,28,34H,2-6,15-19H2,1H3,(H,29,33). The number of carbonyl (C=O) groups is 1. The van der Waals surface area contributed by atoms with Gasteiger partial charge in [-0.3, -0.25) is 10.0 Å². The summed E-state index contributed by atoms with van der Waals surface area (Å²) in [4.78, 5) is 21.4. The summed E-state index contributed by atoms with van der Waals surface area (Å²) in [5, 5.41) is 10.7. The molecule has 2 aromatic carbocycles. The summed E-state index contributed by atoms with van der Waals surface area (Å²) in [6.45, 7) is 4.75. The summed E-state index contributed by atoms with van der Waals surface area (Å²) in [6, 6.07) is 17.3. The topological polar surface area (TPSA) is 74.8 Å². The van der Waals surface area contributed by atoms with Crippen molar-refractivity contribution in [3.8, 4) is 11.1 Å². The van der Waals surface area contributed by atoms with Crippen LogP contribution in [0, 0.1) is 0 Å². The van der Waals surface area contributed by atoms with Crippen LogP contribution < -0.4 is 10.4 Å². The van der Waals surface area contributed by atoms with E-state index in [1.54, 1.807) is 5.48 Å². The van der Waals surface area contributed by atoms with E-state index in [1.807, 2.05) is 6.20 Å². The molecule has 186 valence electrons. The number of carbonyl (C=O) groups excluding carboxylic acids is 1. The molecule has 1 saturated heterocycles. The highest BCUT2D eigenvalue weighted by atomic mass is 32.1. The van der Waals surface area contributed by atoms with E-state index in [2.05, 4.69) is 75.3 Å². The average molecular weight is 494 g/mol. The third kappa shape index (κ3) is 6.60. The quantitative estimate of drug-likeness (QED) is 0.175. The summed E-state index contributed by atoms with van der Waals surface area (Å²) in [5.41, 5.74) is 6.31. The van der Waals surface area contributed by atoms with E-state index >= 15 is 0 Å². The van der Waals surface area contributed by atoms with Crippen LogP contribution in [-0.2, 0) is 4.79 Å². The molecule has 8 heteroatoms. The molecule has 7 nitrogen and oxygen atoms in total. The van der Waals surface area contributed by atoms with Crippen molar-refractivity contribution in [3.63, 3.8) is 0 Å². The second kappa shape index (κ2) is 12.2. The molecule has 1 amide bonds. The van der Waals surface area contributed by atoms with E-state index in [0.717, 1.165) is 74.7 Å². The first-order chi connectivity index (χ1) is 17.0. The van der Waals surface area contributed by atoms with Crippen molar-refractivity contribution >= 4 is 39.8 Å². The van der Waals surface area contributed by atoms with Crippen molar-refractivity contribution < 1.29 is 10.0 Å². The molecular weight excluding hydrogens is 458 g/mol. The minimum absolute atomic E-state index is 0.321. The van der Waals surface area contributed by atoms with Crippen LogP contribution in [0.1, 0.15) is 32.1 Å². The van der Waals surface area contributed by atoms with E-state index in [-0.39, 0.29) is 5.91 Å². The number of rotatable bonds is 9. The third-order valence-electron chi connectivity index (χ3n) is 6.73. The molecule has 0 bridgehead atoms. The van der Waals surface area contributed by atoms with Gasteiger partial charge in [0, 0.05) is 56.5 Å². The van der Waals surface area contributed by atoms with E-state index in [1.165, 1.54) is 16.5 Å². The Morgan fingerprint density at radius 1 is 1.00 bits per heavy atom. The average Bonchev–Trinajstić information content (AvgIpc) is 3.36. The zero-order chi connectivity index (χ0) is 24.6. The number of anilines is 1. The van der Waals surface area contributed by atoms with Gasteiger partial charge < -0.3 is 19.7 Å². The van der Waals surface area contributed by atoms with Crippen LogP contribution in [0.15, 0.2) is 54.7 Å². The van der Waals surface area contributed by atoms with Gasteiger partial charge in [0.25, 0.3) is 0 Å². The molecule has 2 heterocycles. The SMILES string of the molecule is CN1CCN(C(=S)N(CCCCCCC(=O)NO)c2ccc(-c3ccc4cc[nH]c4c3)cc2)CC1. The number of thiocarbonyl (C=S) groups is 1. The van der Waals surface area contributed by atoms with Crippen LogP contribution in [0.25, 0.3) is 22.0 Å². The fraction of sp³-hybridized carbons (Fsp3) is 0.407. The largest absolute Gasteiger partial charge is 0.361 e. The Labute approximate surface area is 212 Å². The Morgan fingerprint density at radius 2 is 1.71 bits per heavy atom. The first kappa shape index (κ1) is 25.2.